The van der Waals surface area contributed by atoms with Crippen LogP contribution in [0.25, 0.3) is 4.96 Å². The van der Waals surface area contributed by atoms with Crippen LogP contribution in [0.2, 0.25) is 0 Å². The summed E-state index contributed by atoms with van der Waals surface area (Å²) < 4.78 is 1.35. The lowest BCUT2D eigenvalue weighted by Gasteiger charge is -2.00. The summed E-state index contributed by atoms with van der Waals surface area (Å²) in [5.74, 6) is -0.521. The van der Waals surface area contributed by atoms with Gasteiger partial charge < -0.3 is 0 Å². The van der Waals surface area contributed by atoms with Gasteiger partial charge in [0.2, 0.25) is 5.13 Å². The number of nitrogens with zero attached hydrogens (tertiary/aromatic N) is 4. The number of carbonyl (C=O) groups is 1. The number of rotatable bonds is 4. The van der Waals surface area contributed by atoms with Gasteiger partial charge in [-0.15, -0.1) is 21.5 Å². The van der Waals surface area contributed by atoms with Crippen molar-refractivity contribution >= 4 is 38.7 Å². The molecule has 0 saturated carbocycles. The predicted molar refractivity (Wildman–Crippen MR) is 81.2 cm³/mol. The third-order valence-electron chi connectivity index (χ3n) is 2.74. The lowest BCUT2D eigenvalue weighted by Crippen LogP contribution is -2.25. The predicted octanol–water partition coefficient (Wildman–Crippen LogP) is 1.81. The lowest BCUT2D eigenvalue weighted by atomic mass is 10.3. The van der Waals surface area contributed by atoms with Gasteiger partial charge in [-0.25, -0.2) is 4.98 Å². The van der Waals surface area contributed by atoms with Crippen molar-refractivity contribution in [2.24, 2.45) is 0 Å². The van der Waals surface area contributed by atoms with Gasteiger partial charge in [-0.05, 0) is 6.42 Å². The first kappa shape index (κ1) is 13.8. The van der Waals surface area contributed by atoms with Crippen LogP contribution in [-0.4, -0.2) is 25.5 Å². The average molecular weight is 321 g/mol. The maximum atomic E-state index is 12.2. The van der Waals surface area contributed by atoms with Crippen molar-refractivity contribution in [2.75, 3.05) is 5.32 Å². The normalized spacial score (nSPS) is 10.9. The average Bonchev–Trinajstić information content (AvgIpc) is 3.09. The molecule has 3 rings (SSSR count). The van der Waals surface area contributed by atoms with Crippen molar-refractivity contribution in [1.82, 2.24) is 19.6 Å². The van der Waals surface area contributed by atoms with Gasteiger partial charge >= 0.3 is 0 Å². The van der Waals surface area contributed by atoms with E-state index in [0.717, 1.165) is 17.8 Å². The molecule has 0 aliphatic heterocycles. The zero-order valence-corrected chi connectivity index (χ0v) is 12.7. The Morgan fingerprint density at radius 2 is 2.29 bits per heavy atom. The fourth-order valence-corrected chi connectivity index (χ4v) is 3.28. The van der Waals surface area contributed by atoms with E-state index in [4.69, 9.17) is 0 Å². The van der Waals surface area contributed by atoms with Crippen molar-refractivity contribution in [1.29, 1.82) is 0 Å². The summed E-state index contributed by atoms with van der Waals surface area (Å²) in [5.41, 5.74) is -0.407. The molecule has 0 aliphatic carbocycles. The van der Waals surface area contributed by atoms with Crippen LogP contribution >= 0.6 is 22.7 Å². The molecule has 0 radical (unpaired) electrons. The number of thiazole rings is 1. The molecule has 1 amide bonds. The number of anilines is 1. The van der Waals surface area contributed by atoms with Crippen molar-refractivity contribution in [3.05, 3.63) is 38.7 Å². The van der Waals surface area contributed by atoms with Crippen molar-refractivity contribution < 1.29 is 4.79 Å². The second-order valence-corrected chi connectivity index (χ2v) is 6.17. The molecule has 3 aromatic heterocycles. The van der Waals surface area contributed by atoms with Gasteiger partial charge in [0.15, 0.2) is 4.96 Å². The van der Waals surface area contributed by atoms with E-state index in [1.165, 1.54) is 33.3 Å². The molecule has 0 aromatic carbocycles. The van der Waals surface area contributed by atoms with E-state index >= 15 is 0 Å². The summed E-state index contributed by atoms with van der Waals surface area (Å²) in [4.78, 5) is 29.0. The maximum Gasteiger partial charge on any atom is 0.271 e. The minimum atomic E-state index is -0.521. The second-order valence-electron chi connectivity index (χ2n) is 4.24. The van der Waals surface area contributed by atoms with Gasteiger partial charge in [0.25, 0.3) is 11.5 Å². The molecule has 3 aromatic rings. The van der Waals surface area contributed by atoms with E-state index in [2.05, 4.69) is 20.5 Å². The third-order valence-corrected chi connectivity index (χ3v) is 4.41. The Kier molecular flexibility index (Phi) is 3.76. The van der Waals surface area contributed by atoms with Crippen molar-refractivity contribution in [3.63, 3.8) is 0 Å². The van der Waals surface area contributed by atoms with Gasteiger partial charge in [0.05, 0.1) is 0 Å². The zero-order chi connectivity index (χ0) is 14.8. The molecule has 0 unspecified atom stereocenters. The highest BCUT2D eigenvalue weighted by molar-refractivity contribution is 7.15. The fourth-order valence-electron chi connectivity index (χ4n) is 1.76. The molecule has 1 N–H and O–H groups in total. The molecule has 9 heteroatoms. The van der Waals surface area contributed by atoms with Crippen LogP contribution in [0, 0.1) is 0 Å². The molecule has 21 heavy (non-hydrogen) atoms. The van der Waals surface area contributed by atoms with Crippen molar-refractivity contribution in [3.8, 4) is 0 Å². The quantitative estimate of drug-likeness (QED) is 0.791. The van der Waals surface area contributed by atoms with Crippen LogP contribution in [0.15, 0.2) is 22.6 Å². The molecule has 0 atom stereocenters. The summed E-state index contributed by atoms with van der Waals surface area (Å²) in [6.07, 6.45) is 4.66. The van der Waals surface area contributed by atoms with E-state index < -0.39 is 11.5 Å². The molecule has 108 valence electrons. The largest absolute Gasteiger partial charge is 0.296 e. The molecule has 7 nitrogen and oxygen atoms in total. The van der Waals surface area contributed by atoms with Crippen LogP contribution in [0.4, 0.5) is 5.13 Å². The summed E-state index contributed by atoms with van der Waals surface area (Å²) in [6, 6.07) is 0. The molecule has 3 heterocycles. The van der Waals surface area contributed by atoms with Gasteiger partial charge in [-0.2, -0.15) is 0 Å². The highest BCUT2D eigenvalue weighted by Crippen LogP contribution is 2.17. The summed E-state index contributed by atoms with van der Waals surface area (Å²) in [5, 5.41) is 13.4. The van der Waals surface area contributed by atoms with E-state index in [9.17, 15) is 9.59 Å². The highest BCUT2D eigenvalue weighted by Gasteiger charge is 2.15. The first-order valence-electron chi connectivity index (χ1n) is 6.27. The van der Waals surface area contributed by atoms with Gasteiger partial charge in [0.1, 0.15) is 10.6 Å². The van der Waals surface area contributed by atoms with E-state index in [1.807, 2.05) is 6.92 Å². The summed E-state index contributed by atoms with van der Waals surface area (Å²) in [6.45, 7) is 2.04. The highest BCUT2D eigenvalue weighted by atomic mass is 32.1. The molecule has 0 bridgehead atoms. The van der Waals surface area contributed by atoms with Crippen LogP contribution in [0.3, 0.4) is 0 Å². The molecule has 0 fully saturated rings. The maximum absolute atomic E-state index is 12.2. The molecule has 0 spiro atoms. The SMILES string of the molecule is CCCc1nnc(NC(=O)c2cnc3sccn3c2=O)s1. The number of fused-ring (bicyclic) bond motifs is 1. The fraction of sp³-hybridized carbons (Fsp3) is 0.250. The zero-order valence-electron chi connectivity index (χ0n) is 11.1. The topological polar surface area (TPSA) is 89.2 Å². The van der Waals surface area contributed by atoms with Gasteiger partial charge in [-0.1, -0.05) is 18.3 Å². The lowest BCUT2D eigenvalue weighted by molar-refractivity contribution is 0.102. The first-order chi connectivity index (χ1) is 10.2. The van der Waals surface area contributed by atoms with E-state index in [0.29, 0.717) is 10.1 Å². The Hall–Kier alpha value is -2.13. The molecule has 0 aliphatic rings. The number of aromatic nitrogens is 4. The van der Waals surface area contributed by atoms with Gasteiger partial charge in [-0.3, -0.25) is 19.3 Å². The number of hydrogen-bond donors (Lipinski definition) is 1. The van der Waals surface area contributed by atoms with Crippen molar-refractivity contribution in [2.45, 2.75) is 19.8 Å². The minimum absolute atomic E-state index is 0.0156. The smallest absolute Gasteiger partial charge is 0.271 e. The van der Waals surface area contributed by atoms with Gasteiger partial charge in [0, 0.05) is 24.2 Å². The summed E-state index contributed by atoms with van der Waals surface area (Å²) in [7, 11) is 0. The van der Waals surface area contributed by atoms with Crippen LogP contribution in [0.1, 0.15) is 28.7 Å². The number of aryl methyl sites for hydroxylation is 1. The molecular weight excluding hydrogens is 310 g/mol. The van der Waals surface area contributed by atoms with Crippen LogP contribution < -0.4 is 10.9 Å². The van der Waals surface area contributed by atoms with Crippen LogP contribution in [0.5, 0.6) is 0 Å². The number of carbonyl (C=O) groups excluding carboxylic acids is 1. The Labute approximate surface area is 127 Å². The Morgan fingerprint density at radius 1 is 1.43 bits per heavy atom. The molecule has 0 saturated heterocycles. The standard InChI is InChI=1S/C12H11N5O2S2/c1-2-3-8-15-16-11(21-8)14-9(18)7-6-13-12-17(10(7)19)4-5-20-12/h4-6H,2-3H2,1H3,(H,14,16,18). The minimum Gasteiger partial charge on any atom is -0.296 e. The monoisotopic (exact) mass is 321 g/mol. The van der Waals surface area contributed by atoms with E-state index in [1.54, 1.807) is 11.6 Å². The Morgan fingerprint density at radius 3 is 3.10 bits per heavy atom. The number of nitrogens with one attached hydrogen (secondary N) is 1. The first-order valence-corrected chi connectivity index (χ1v) is 7.97. The summed E-state index contributed by atoms with van der Waals surface area (Å²) >= 11 is 2.64. The molecular formula is C12H11N5O2S2. The second kappa shape index (κ2) is 5.70. The number of amides is 1. The Bertz CT molecular complexity index is 851. The Balaban J connectivity index is 1.86. The van der Waals surface area contributed by atoms with E-state index in [-0.39, 0.29) is 5.56 Å². The number of hydrogen-bond acceptors (Lipinski definition) is 7. The third kappa shape index (κ3) is 2.69. The van der Waals surface area contributed by atoms with Crippen LogP contribution in [-0.2, 0) is 6.42 Å².